The van der Waals surface area contributed by atoms with E-state index < -0.39 is 23.6 Å². The van der Waals surface area contributed by atoms with E-state index in [-0.39, 0.29) is 13.2 Å². The van der Waals surface area contributed by atoms with Crippen molar-refractivity contribution in [3.8, 4) is 0 Å². The fourth-order valence-electron chi connectivity index (χ4n) is 0.776. The molecule has 0 bridgehead atoms. The maximum atomic E-state index is 11.5. The van der Waals surface area contributed by atoms with Gasteiger partial charge in [0, 0.05) is 0 Å². The molecule has 0 aromatic carbocycles. The fourth-order valence-corrected chi connectivity index (χ4v) is 0.776. The van der Waals surface area contributed by atoms with Crippen LogP contribution in [0.25, 0.3) is 0 Å². The minimum Gasteiger partial charge on any atom is -0.462 e. The second-order valence-corrected chi connectivity index (χ2v) is 3.65. The zero-order chi connectivity index (χ0) is 11.5. The Kier molecular flexibility index (Phi) is 3.65. The molecule has 1 atom stereocenters. The summed E-state index contributed by atoms with van der Waals surface area (Å²) in [4.78, 5) is 22.8. The number of aliphatic hydroxyl groups is 1. The Bertz CT molecular complexity index is 255. The molecule has 1 saturated heterocycles. The van der Waals surface area contributed by atoms with Crippen LogP contribution in [0.5, 0.6) is 0 Å². The predicted octanol–water partition coefficient (Wildman–Crippen LogP) is -0.552. The average Bonchev–Trinajstić information content (AvgIpc) is 2.97. The van der Waals surface area contributed by atoms with Gasteiger partial charge in [0.05, 0.1) is 6.61 Å². The Labute approximate surface area is 87.1 Å². The van der Waals surface area contributed by atoms with Gasteiger partial charge in [-0.1, -0.05) is 0 Å². The van der Waals surface area contributed by atoms with Gasteiger partial charge in [0.1, 0.15) is 13.2 Å². The number of hydrogen-bond donors (Lipinski definition) is 1. The highest BCUT2D eigenvalue weighted by molar-refractivity contribution is 5.99. The maximum absolute atomic E-state index is 11.5. The van der Waals surface area contributed by atoms with Gasteiger partial charge in [-0.25, -0.2) is 0 Å². The molecule has 0 saturated carbocycles. The molecule has 86 valence electrons. The third kappa shape index (κ3) is 3.17. The molecule has 1 heterocycles. The van der Waals surface area contributed by atoms with E-state index in [4.69, 9.17) is 14.6 Å². The van der Waals surface area contributed by atoms with Crippen LogP contribution in [0.3, 0.4) is 0 Å². The number of epoxide rings is 1. The van der Waals surface area contributed by atoms with E-state index in [0.29, 0.717) is 6.61 Å². The molecule has 0 aromatic heterocycles. The Morgan fingerprint density at radius 1 is 1.47 bits per heavy atom. The van der Waals surface area contributed by atoms with Crippen molar-refractivity contribution in [1.29, 1.82) is 0 Å². The van der Waals surface area contributed by atoms with Crippen LogP contribution in [0.2, 0.25) is 0 Å². The standard InChI is InChI=1S/C9H14O6/c1-9(2,7(11)13-4-3-10)8(12)15-6-5-14-6/h6,10H,3-5H2,1-2H3. The fraction of sp³-hybridized carbons (Fsp3) is 0.778. The van der Waals surface area contributed by atoms with Crippen molar-refractivity contribution in [2.45, 2.75) is 20.1 Å². The summed E-state index contributed by atoms with van der Waals surface area (Å²) in [7, 11) is 0. The number of ether oxygens (including phenoxy) is 3. The molecule has 1 aliphatic heterocycles. The number of carbonyl (C=O) groups excluding carboxylic acids is 2. The summed E-state index contributed by atoms with van der Waals surface area (Å²) < 4.78 is 14.2. The molecular weight excluding hydrogens is 204 g/mol. The first-order chi connectivity index (χ1) is 6.98. The van der Waals surface area contributed by atoms with Gasteiger partial charge in [0.15, 0.2) is 5.41 Å². The minimum atomic E-state index is -1.37. The second-order valence-electron chi connectivity index (χ2n) is 3.65. The molecule has 6 heteroatoms. The molecule has 1 fully saturated rings. The second kappa shape index (κ2) is 4.59. The lowest BCUT2D eigenvalue weighted by atomic mass is 9.94. The van der Waals surface area contributed by atoms with Gasteiger partial charge in [0.2, 0.25) is 6.29 Å². The van der Waals surface area contributed by atoms with Crippen LogP contribution >= 0.6 is 0 Å². The van der Waals surface area contributed by atoms with Gasteiger partial charge < -0.3 is 19.3 Å². The van der Waals surface area contributed by atoms with Gasteiger partial charge in [-0.05, 0) is 13.8 Å². The zero-order valence-corrected chi connectivity index (χ0v) is 8.69. The normalized spacial score (nSPS) is 19.5. The van der Waals surface area contributed by atoms with Crippen LogP contribution in [0.15, 0.2) is 0 Å². The van der Waals surface area contributed by atoms with Gasteiger partial charge in [-0.15, -0.1) is 0 Å². The Hall–Kier alpha value is -1.14. The molecule has 6 nitrogen and oxygen atoms in total. The van der Waals surface area contributed by atoms with E-state index in [1.807, 2.05) is 0 Å². The highest BCUT2D eigenvalue weighted by atomic mass is 16.8. The van der Waals surface area contributed by atoms with Crippen LogP contribution in [0, 0.1) is 5.41 Å². The highest BCUT2D eigenvalue weighted by Crippen LogP contribution is 2.23. The topological polar surface area (TPSA) is 85.4 Å². The molecule has 0 amide bonds. The smallest absolute Gasteiger partial charge is 0.325 e. The van der Waals surface area contributed by atoms with E-state index in [1.54, 1.807) is 0 Å². The molecule has 1 aliphatic rings. The minimum absolute atomic E-state index is 0.129. The summed E-state index contributed by atoms with van der Waals surface area (Å²) in [6.07, 6.45) is -0.526. The molecule has 0 aromatic rings. The summed E-state index contributed by atoms with van der Waals surface area (Å²) in [5.74, 6) is -1.41. The Balaban J connectivity index is 2.46. The van der Waals surface area contributed by atoms with Crippen molar-refractivity contribution in [2.24, 2.45) is 5.41 Å². The van der Waals surface area contributed by atoms with Gasteiger partial charge >= 0.3 is 11.9 Å². The van der Waals surface area contributed by atoms with E-state index in [0.717, 1.165) is 0 Å². The van der Waals surface area contributed by atoms with Crippen LogP contribution in [-0.2, 0) is 23.8 Å². The van der Waals surface area contributed by atoms with E-state index in [2.05, 4.69) is 4.74 Å². The molecular formula is C9H14O6. The van der Waals surface area contributed by atoms with Crippen LogP contribution in [0.1, 0.15) is 13.8 Å². The largest absolute Gasteiger partial charge is 0.462 e. The number of hydrogen-bond acceptors (Lipinski definition) is 6. The summed E-state index contributed by atoms with van der Waals surface area (Å²) in [5, 5.41) is 8.46. The molecule has 0 radical (unpaired) electrons. The first-order valence-electron chi connectivity index (χ1n) is 4.59. The van der Waals surface area contributed by atoms with E-state index in [1.165, 1.54) is 13.8 Å². The van der Waals surface area contributed by atoms with Crippen molar-refractivity contribution in [3.05, 3.63) is 0 Å². The van der Waals surface area contributed by atoms with Gasteiger partial charge in [-0.3, -0.25) is 9.59 Å². The van der Waals surface area contributed by atoms with Crippen molar-refractivity contribution in [2.75, 3.05) is 19.8 Å². The predicted molar refractivity (Wildman–Crippen MR) is 47.7 cm³/mol. The van der Waals surface area contributed by atoms with E-state index in [9.17, 15) is 9.59 Å². The summed E-state index contributed by atoms with van der Waals surface area (Å²) in [6.45, 7) is 2.76. The first-order valence-corrected chi connectivity index (χ1v) is 4.59. The zero-order valence-electron chi connectivity index (χ0n) is 8.69. The maximum Gasteiger partial charge on any atom is 0.325 e. The third-order valence-electron chi connectivity index (χ3n) is 1.89. The van der Waals surface area contributed by atoms with Crippen molar-refractivity contribution >= 4 is 11.9 Å². The lowest BCUT2D eigenvalue weighted by Gasteiger charge is -2.19. The van der Waals surface area contributed by atoms with Gasteiger partial charge in [0.25, 0.3) is 0 Å². The quantitative estimate of drug-likeness (QED) is 0.378. The lowest BCUT2D eigenvalue weighted by molar-refractivity contribution is -0.173. The highest BCUT2D eigenvalue weighted by Gasteiger charge is 2.42. The molecule has 1 rings (SSSR count). The van der Waals surface area contributed by atoms with Crippen molar-refractivity contribution in [1.82, 2.24) is 0 Å². The van der Waals surface area contributed by atoms with Crippen LogP contribution in [0.4, 0.5) is 0 Å². The molecule has 1 unspecified atom stereocenters. The SMILES string of the molecule is CC(C)(C(=O)OCCO)C(=O)OC1CO1. The molecule has 1 N–H and O–H groups in total. The Morgan fingerprint density at radius 2 is 2.07 bits per heavy atom. The summed E-state index contributed by atoms with van der Waals surface area (Å²) in [5.41, 5.74) is -1.37. The first kappa shape index (κ1) is 11.9. The third-order valence-corrected chi connectivity index (χ3v) is 1.89. The molecule has 0 aliphatic carbocycles. The summed E-state index contributed by atoms with van der Waals surface area (Å²) >= 11 is 0. The Morgan fingerprint density at radius 3 is 2.53 bits per heavy atom. The number of rotatable bonds is 5. The monoisotopic (exact) mass is 218 g/mol. The van der Waals surface area contributed by atoms with Crippen LogP contribution < -0.4 is 0 Å². The van der Waals surface area contributed by atoms with Crippen molar-refractivity contribution in [3.63, 3.8) is 0 Å². The number of carbonyl (C=O) groups is 2. The molecule has 15 heavy (non-hydrogen) atoms. The number of esters is 2. The van der Waals surface area contributed by atoms with Crippen molar-refractivity contribution < 1.29 is 28.9 Å². The molecule has 0 spiro atoms. The summed E-state index contributed by atoms with van der Waals surface area (Å²) in [6, 6.07) is 0. The lowest BCUT2D eigenvalue weighted by Crippen LogP contribution is -2.37. The average molecular weight is 218 g/mol. The van der Waals surface area contributed by atoms with E-state index >= 15 is 0 Å². The van der Waals surface area contributed by atoms with Crippen LogP contribution in [-0.4, -0.2) is 43.2 Å². The number of aliphatic hydroxyl groups excluding tert-OH is 1. The van der Waals surface area contributed by atoms with Gasteiger partial charge in [-0.2, -0.15) is 0 Å².